The molecule has 136 valence electrons. The molecule has 0 N–H and O–H groups in total. The van der Waals surface area contributed by atoms with Gasteiger partial charge in [-0.1, -0.05) is 30.3 Å². The van der Waals surface area contributed by atoms with Crippen LogP contribution in [-0.2, 0) is 19.5 Å². The number of hydrogen-bond acceptors (Lipinski definition) is 5. The molecule has 1 atom stereocenters. The summed E-state index contributed by atoms with van der Waals surface area (Å²) in [6, 6.07) is 16.7. The lowest BCUT2D eigenvalue weighted by Gasteiger charge is -2.26. The van der Waals surface area contributed by atoms with Gasteiger partial charge in [-0.15, -0.1) is 0 Å². The molecular weight excluding hydrogens is 352 g/mol. The maximum atomic E-state index is 12.7. The highest BCUT2D eigenvalue weighted by atomic mass is 32.2. The van der Waals surface area contributed by atoms with Crippen LogP contribution in [0.2, 0.25) is 0 Å². The fourth-order valence-electron chi connectivity index (χ4n) is 3.08. The van der Waals surface area contributed by atoms with Gasteiger partial charge in [0.25, 0.3) is 0 Å². The average molecular weight is 372 g/mol. The van der Waals surface area contributed by atoms with Gasteiger partial charge in [-0.25, -0.2) is 13.4 Å². The van der Waals surface area contributed by atoms with Crippen molar-refractivity contribution in [1.29, 1.82) is 0 Å². The molecule has 1 unspecified atom stereocenters. The Balaban J connectivity index is 1.53. The summed E-state index contributed by atoms with van der Waals surface area (Å²) in [7, 11) is -3.48. The molecule has 26 heavy (non-hydrogen) atoms. The van der Waals surface area contributed by atoms with Gasteiger partial charge in [-0.05, 0) is 29.8 Å². The average Bonchev–Trinajstić information content (AvgIpc) is 3.20. The Morgan fingerprint density at radius 3 is 2.35 bits per heavy atom. The third kappa shape index (κ3) is 3.38. The summed E-state index contributed by atoms with van der Waals surface area (Å²) in [6.45, 7) is 2.14. The first kappa shape index (κ1) is 17.2. The first-order valence-electron chi connectivity index (χ1n) is 8.58. The number of rotatable bonds is 4. The Morgan fingerprint density at radius 1 is 0.962 bits per heavy atom. The maximum absolute atomic E-state index is 12.7. The molecular formula is C19H20N2O4S. The molecule has 0 spiro atoms. The summed E-state index contributed by atoms with van der Waals surface area (Å²) in [5.41, 5.74) is 1.89. The first-order chi connectivity index (χ1) is 12.6. The number of hydrogen-bond donors (Lipinski definition) is 0. The van der Waals surface area contributed by atoms with Crippen molar-refractivity contribution in [3.05, 3.63) is 65.7 Å². The summed E-state index contributed by atoms with van der Waals surface area (Å²) in [5, 5.41) is 0. The van der Waals surface area contributed by atoms with E-state index in [1.165, 1.54) is 4.31 Å². The van der Waals surface area contributed by atoms with Crippen molar-refractivity contribution >= 4 is 15.9 Å². The van der Waals surface area contributed by atoms with Crippen molar-refractivity contribution in [2.45, 2.75) is 10.9 Å². The highest BCUT2D eigenvalue weighted by Gasteiger charge is 2.27. The van der Waals surface area contributed by atoms with E-state index >= 15 is 0 Å². The van der Waals surface area contributed by atoms with Crippen LogP contribution in [0.4, 0.5) is 0 Å². The second-order valence-electron chi connectivity index (χ2n) is 6.21. The van der Waals surface area contributed by atoms with Gasteiger partial charge in [-0.2, -0.15) is 4.31 Å². The fraction of sp³-hybridized carbons (Fsp3) is 0.316. The van der Waals surface area contributed by atoms with E-state index in [0.717, 1.165) is 11.1 Å². The molecule has 0 saturated carbocycles. The Kier molecular flexibility index (Phi) is 4.76. The molecule has 0 amide bonds. The van der Waals surface area contributed by atoms with Crippen molar-refractivity contribution in [3.8, 4) is 0 Å². The monoisotopic (exact) mass is 372 g/mol. The Hall–Kier alpha value is -2.22. The lowest BCUT2D eigenvalue weighted by Crippen LogP contribution is -2.40. The van der Waals surface area contributed by atoms with E-state index < -0.39 is 10.0 Å². The van der Waals surface area contributed by atoms with Crippen LogP contribution in [0, 0.1) is 0 Å². The zero-order valence-electron chi connectivity index (χ0n) is 14.2. The zero-order valence-corrected chi connectivity index (χ0v) is 15.1. The van der Waals surface area contributed by atoms with Crippen molar-refractivity contribution in [2.75, 3.05) is 32.9 Å². The number of nitrogens with zero attached hydrogens (tertiary/aromatic N) is 2. The number of ether oxygens (including phenoxy) is 2. The maximum Gasteiger partial charge on any atom is 0.243 e. The molecule has 0 aromatic heterocycles. The van der Waals surface area contributed by atoms with Crippen molar-refractivity contribution in [2.24, 2.45) is 4.99 Å². The van der Waals surface area contributed by atoms with E-state index in [-0.39, 0.29) is 10.9 Å². The van der Waals surface area contributed by atoms with Crippen molar-refractivity contribution in [1.82, 2.24) is 4.31 Å². The van der Waals surface area contributed by atoms with Gasteiger partial charge in [0.05, 0.1) is 18.1 Å². The number of morpholine rings is 1. The fourth-order valence-corrected chi connectivity index (χ4v) is 4.49. The summed E-state index contributed by atoms with van der Waals surface area (Å²) in [5.74, 6) is 0.550. The molecule has 1 fully saturated rings. The topological polar surface area (TPSA) is 68.2 Å². The van der Waals surface area contributed by atoms with Gasteiger partial charge in [0.15, 0.2) is 0 Å². The Labute approximate surface area is 153 Å². The SMILES string of the molecule is O=S(=O)(c1ccc(C2=NC(c3ccccc3)CO2)cc1)N1CCOCC1. The Morgan fingerprint density at radius 2 is 1.65 bits per heavy atom. The quantitative estimate of drug-likeness (QED) is 0.825. The summed E-state index contributed by atoms with van der Waals surface area (Å²) >= 11 is 0. The normalized spacial score (nSPS) is 21.2. The minimum atomic E-state index is -3.48. The third-order valence-corrected chi connectivity index (χ3v) is 6.46. The second-order valence-corrected chi connectivity index (χ2v) is 8.15. The molecule has 6 nitrogen and oxygen atoms in total. The molecule has 7 heteroatoms. The number of aliphatic imine (C=N–C) groups is 1. The molecule has 2 aliphatic rings. The molecule has 2 heterocycles. The summed E-state index contributed by atoms with van der Waals surface area (Å²) in [4.78, 5) is 4.91. The van der Waals surface area contributed by atoms with Crippen molar-refractivity contribution in [3.63, 3.8) is 0 Å². The lowest BCUT2D eigenvalue weighted by atomic mass is 10.1. The first-order valence-corrected chi connectivity index (χ1v) is 10.0. The molecule has 0 radical (unpaired) electrons. The van der Waals surface area contributed by atoms with Gasteiger partial charge in [0, 0.05) is 18.7 Å². The van der Waals surface area contributed by atoms with Gasteiger partial charge in [-0.3, -0.25) is 0 Å². The zero-order chi connectivity index (χ0) is 18.0. The van der Waals surface area contributed by atoms with Crippen LogP contribution in [0.1, 0.15) is 17.2 Å². The van der Waals surface area contributed by atoms with Crippen LogP contribution in [0.3, 0.4) is 0 Å². The van der Waals surface area contributed by atoms with E-state index in [2.05, 4.69) is 4.99 Å². The van der Waals surface area contributed by atoms with Crippen LogP contribution in [0.5, 0.6) is 0 Å². The number of sulfonamides is 1. The van der Waals surface area contributed by atoms with Gasteiger partial charge < -0.3 is 9.47 Å². The number of benzene rings is 2. The van der Waals surface area contributed by atoms with E-state index in [1.54, 1.807) is 24.3 Å². The van der Waals surface area contributed by atoms with Crippen molar-refractivity contribution < 1.29 is 17.9 Å². The van der Waals surface area contributed by atoms with Gasteiger partial charge in [0.1, 0.15) is 12.6 Å². The lowest BCUT2D eigenvalue weighted by molar-refractivity contribution is 0.0730. The smallest absolute Gasteiger partial charge is 0.243 e. The molecule has 2 aromatic rings. The minimum Gasteiger partial charge on any atom is -0.475 e. The second kappa shape index (κ2) is 7.19. The predicted octanol–water partition coefficient (Wildman–Crippen LogP) is 2.23. The minimum absolute atomic E-state index is 0.0250. The van der Waals surface area contributed by atoms with Gasteiger partial charge >= 0.3 is 0 Å². The van der Waals surface area contributed by atoms with Crippen LogP contribution >= 0.6 is 0 Å². The van der Waals surface area contributed by atoms with Gasteiger partial charge in [0.2, 0.25) is 15.9 Å². The Bertz CT molecular complexity index is 889. The van der Waals surface area contributed by atoms with Crippen LogP contribution in [-0.4, -0.2) is 51.5 Å². The summed E-state index contributed by atoms with van der Waals surface area (Å²) < 4.78 is 37.7. The van der Waals surface area contributed by atoms with Crippen LogP contribution < -0.4 is 0 Å². The predicted molar refractivity (Wildman–Crippen MR) is 97.7 cm³/mol. The molecule has 0 aliphatic carbocycles. The standard InChI is InChI=1S/C19H20N2O4S/c22-26(23,21-10-12-24-13-11-21)17-8-6-16(7-9-17)19-20-18(14-25-19)15-4-2-1-3-5-15/h1-9,18H,10-14H2. The van der Waals surface area contributed by atoms with Crippen LogP contribution in [0.25, 0.3) is 0 Å². The van der Waals surface area contributed by atoms with E-state index in [1.807, 2.05) is 30.3 Å². The van der Waals surface area contributed by atoms with E-state index in [4.69, 9.17) is 9.47 Å². The van der Waals surface area contributed by atoms with E-state index in [0.29, 0.717) is 38.8 Å². The highest BCUT2D eigenvalue weighted by molar-refractivity contribution is 7.89. The van der Waals surface area contributed by atoms with E-state index in [9.17, 15) is 8.42 Å². The molecule has 4 rings (SSSR count). The highest BCUT2D eigenvalue weighted by Crippen LogP contribution is 2.26. The molecule has 0 bridgehead atoms. The third-order valence-electron chi connectivity index (χ3n) is 4.54. The molecule has 1 saturated heterocycles. The largest absolute Gasteiger partial charge is 0.475 e. The van der Waals surface area contributed by atoms with Crippen LogP contribution in [0.15, 0.2) is 64.5 Å². The summed E-state index contributed by atoms with van der Waals surface area (Å²) in [6.07, 6.45) is 0. The molecule has 2 aromatic carbocycles. The molecule has 2 aliphatic heterocycles.